The zero-order valence-corrected chi connectivity index (χ0v) is 23.1. The fourth-order valence-electron chi connectivity index (χ4n) is 4.57. The Labute approximate surface area is 233 Å². The lowest BCUT2D eigenvalue weighted by Gasteiger charge is -2.29. The van der Waals surface area contributed by atoms with Gasteiger partial charge >= 0.3 is 0 Å². The molecule has 39 heavy (non-hydrogen) atoms. The number of carbonyl (C=O) groups excluding carboxylic acids is 2. The van der Waals surface area contributed by atoms with Gasteiger partial charge < -0.3 is 32.4 Å². The lowest BCUT2D eigenvalue weighted by molar-refractivity contribution is -0.139. The number of benzene rings is 3. The van der Waals surface area contributed by atoms with E-state index in [1.165, 1.54) is 4.90 Å². The van der Waals surface area contributed by atoms with E-state index in [-0.39, 0.29) is 18.4 Å². The van der Waals surface area contributed by atoms with Crippen LogP contribution in [0.4, 0.5) is 0 Å². The molecule has 9 heteroatoms. The fourth-order valence-corrected chi connectivity index (χ4v) is 5.63. The highest BCUT2D eigenvalue weighted by molar-refractivity contribution is 7.99. The molecule has 0 spiro atoms. The highest BCUT2D eigenvalue weighted by Crippen LogP contribution is 2.33. The number of para-hydroxylation sites is 1. The fraction of sp³-hybridized carbons (Fsp3) is 0.267. The number of nitrogens with zero attached hydrogens (tertiary/aromatic N) is 1. The van der Waals surface area contributed by atoms with Crippen molar-refractivity contribution < 1.29 is 9.59 Å². The molecule has 1 heterocycles. The summed E-state index contributed by atoms with van der Waals surface area (Å²) in [6.45, 7) is 2.78. The van der Waals surface area contributed by atoms with Crippen molar-refractivity contribution in [2.75, 3.05) is 13.6 Å². The average Bonchev–Trinajstić information content (AvgIpc) is 3.37. The Kier molecular flexibility index (Phi) is 9.42. The Balaban J connectivity index is 1.58. The van der Waals surface area contributed by atoms with Crippen molar-refractivity contribution in [2.45, 2.75) is 48.3 Å². The van der Waals surface area contributed by atoms with Gasteiger partial charge in [0.2, 0.25) is 11.8 Å². The molecule has 2 atom stereocenters. The number of hydrogen-bond donors (Lipinski definition) is 5. The summed E-state index contributed by atoms with van der Waals surface area (Å²) >= 11 is 1.63. The van der Waals surface area contributed by atoms with Crippen LogP contribution in [0.2, 0.25) is 0 Å². The summed E-state index contributed by atoms with van der Waals surface area (Å²) in [5.74, 6) is -0.636. The first-order chi connectivity index (χ1) is 18.8. The molecule has 0 unspecified atom stereocenters. The van der Waals surface area contributed by atoms with Crippen LogP contribution in [0.5, 0.6) is 0 Å². The van der Waals surface area contributed by atoms with Crippen molar-refractivity contribution >= 4 is 34.5 Å². The highest BCUT2D eigenvalue weighted by atomic mass is 32.2. The number of fused-ring (bicyclic) bond motifs is 1. The Morgan fingerprint density at radius 3 is 2.46 bits per heavy atom. The number of nitrogens with one attached hydrogen (secondary N) is 2. The van der Waals surface area contributed by atoms with Gasteiger partial charge in [-0.05, 0) is 41.8 Å². The Morgan fingerprint density at radius 1 is 0.974 bits per heavy atom. The molecule has 0 fully saturated rings. The molecule has 8 nitrogen and oxygen atoms in total. The number of amides is 2. The number of hydrogen-bond acceptors (Lipinski definition) is 6. The summed E-state index contributed by atoms with van der Waals surface area (Å²) in [4.78, 5) is 33.4. The minimum Gasteiger partial charge on any atom is -0.361 e. The van der Waals surface area contributed by atoms with Crippen molar-refractivity contribution in [3.63, 3.8) is 0 Å². The third-order valence-corrected chi connectivity index (χ3v) is 8.09. The Hall–Kier alpha value is -3.63. The van der Waals surface area contributed by atoms with Gasteiger partial charge in [-0.25, -0.2) is 0 Å². The van der Waals surface area contributed by atoms with E-state index >= 15 is 0 Å². The molecule has 0 saturated carbocycles. The van der Waals surface area contributed by atoms with E-state index in [9.17, 15) is 9.59 Å². The van der Waals surface area contributed by atoms with Crippen molar-refractivity contribution in [2.24, 2.45) is 17.2 Å². The van der Waals surface area contributed by atoms with E-state index in [0.29, 0.717) is 19.5 Å². The average molecular weight is 545 g/mol. The van der Waals surface area contributed by atoms with Crippen LogP contribution in [0.15, 0.2) is 82.7 Å². The number of aromatic nitrogens is 1. The molecule has 204 valence electrons. The van der Waals surface area contributed by atoms with Gasteiger partial charge in [0.05, 0.1) is 6.04 Å². The number of aromatic amines is 1. The number of rotatable bonds is 11. The molecule has 0 saturated heterocycles. The van der Waals surface area contributed by atoms with Gasteiger partial charge in [-0.2, -0.15) is 0 Å². The second-order valence-corrected chi connectivity index (χ2v) is 10.7. The maximum atomic E-state index is 13.7. The van der Waals surface area contributed by atoms with Crippen molar-refractivity contribution in [1.82, 2.24) is 15.2 Å². The van der Waals surface area contributed by atoms with Crippen LogP contribution in [0, 0.1) is 6.92 Å². The largest absolute Gasteiger partial charge is 0.361 e. The molecule has 0 radical (unpaired) electrons. The van der Waals surface area contributed by atoms with Gasteiger partial charge in [0, 0.05) is 60.0 Å². The summed E-state index contributed by atoms with van der Waals surface area (Å²) in [5, 5.41) is 4.09. The monoisotopic (exact) mass is 544 g/mol. The topological polar surface area (TPSA) is 143 Å². The molecule has 2 amide bonds. The first kappa shape index (κ1) is 28.4. The maximum absolute atomic E-state index is 13.7. The summed E-state index contributed by atoms with van der Waals surface area (Å²) in [7, 11) is 1.61. The van der Waals surface area contributed by atoms with Crippen LogP contribution < -0.4 is 22.5 Å². The molecule has 4 aromatic rings. The van der Waals surface area contributed by atoms with E-state index < -0.39 is 12.1 Å². The van der Waals surface area contributed by atoms with Crippen molar-refractivity contribution in [1.29, 1.82) is 0 Å². The van der Waals surface area contributed by atoms with Crippen LogP contribution in [0.1, 0.15) is 22.3 Å². The molecule has 8 N–H and O–H groups in total. The van der Waals surface area contributed by atoms with E-state index in [2.05, 4.69) is 28.5 Å². The van der Waals surface area contributed by atoms with Crippen LogP contribution >= 0.6 is 11.8 Å². The SMILES string of the molecule is Cc1ccc(Sc2ccccc2CN)c(CNC(=O)[C@H](Cc2c[nH]c3ccccc23)N(C)C(=O)[C@@H](N)CN)c1. The van der Waals surface area contributed by atoms with Gasteiger partial charge in [-0.3, -0.25) is 9.59 Å². The van der Waals surface area contributed by atoms with Gasteiger partial charge in [-0.1, -0.05) is 65.9 Å². The molecular weight excluding hydrogens is 508 g/mol. The predicted octanol–water partition coefficient (Wildman–Crippen LogP) is 3.06. The second kappa shape index (κ2) is 12.9. The van der Waals surface area contributed by atoms with E-state index in [0.717, 1.165) is 42.9 Å². The first-order valence-corrected chi connectivity index (χ1v) is 13.7. The Morgan fingerprint density at radius 2 is 1.69 bits per heavy atom. The van der Waals surface area contributed by atoms with Crippen LogP contribution in [-0.4, -0.2) is 47.4 Å². The third kappa shape index (κ3) is 6.69. The lowest BCUT2D eigenvalue weighted by Crippen LogP contribution is -2.54. The molecule has 3 aromatic carbocycles. The number of carbonyl (C=O) groups is 2. The quantitative estimate of drug-likeness (QED) is 0.196. The Bertz CT molecular complexity index is 1450. The zero-order chi connectivity index (χ0) is 27.9. The standard InChI is InChI=1S/C30H36N6O2S/c1-19-11-12-28(39-27-10-6-3-7-20(27)15-31)22(13-19)18-35-29(37)26(36(2)30(38)24(33)16-32)14-21-17-34-25-9-5-4-8-23(21)25/h3-13,17,24,26,34H,14-16,18,31-33H2,1-2H3,(H,35,37)/t24-,26-/m0/s1. The van der Waals surface area contributed by atoms with Crippen molar-refractivity contribution in [3.05, 3.63) is 95.2 Å². The first-order valence-electron chi connectivity index (χ1n) is 12.9. The number of nitrogens with two attached hydrogens (primary N) is 3. The van der Waals surface area contributed by atoms with Gasteiger partial charge in [0.25, 0.3) is 0 Å². The van der Waals surface area contributed by atoms with E-state index in [1.54, 1.807) is 18.8 Å². The minimum absolute atomic E-state index is 0.00124. The van der Waals surface area contributed by atoms with Crippen LogP contribution in [-0.2, 0) is 29.1 Å². The summed E-state index contributed by atoms with van der Waals surface area (Å²) in [6, 6.07) is 20.5. The third-order valence-electron chi connectivity index (χ3n) is 6.86. The normalized spacial score (nSPS) is 12.7. The molecular formula is C30H36N6O2S. The zero-order valence-electron chi connectivity index (χ0n) is 22.3. The molecule has 0 aliphatic carbocycles. The van der Waals surface area contributed by atoms with E-state index in [4.69, 9.17) is 17.2 Å². The molecule has 4 rings (SSSR count). The molecule has 0 aliphatic rings. The highest BCUT2D eigenvalue weighted by Gasteiger charge is 2.30. The second-order valence-electron chi connectivity index (χ2n) is 9.61. The summed E-state index contributed by atoms with van der Waals surface area (Å²) in [6.07, 6.45) is 2.21. The molecule has 0 bridgehead atoms. The van der Waals surface area contributed by atoms with Crippen LogP contribution in [0.3, 0.4) is 0 Å². The predicted molar refractivity (Wildman–Crippen MR) is 157 cm³/mol. The van der Waals surface area contributed by atoms with Gasteiger partial charge in [-0.15, -0.1) is 0 Å². The number of likely N-dealkylation sites (N-methyl/N-ethyl adjacent to an activating group) is 1. The number of aryl methyl sites for hydroxylation is 1. The molecule has 0 aliphatic heterocycles. The maximum Gasteiger partial charge on any atom is 0.243 e. The lowest BCUT2D eigenvalue weighted by atomic mass is 10.0. The van der Waals surface area contributed by atoms with E-state index in [1.807, 2.05) is 61.7 Å². The summed E-state index contributed by atoms with van der Waals surface area (Å²) < 4.78 is 0. The number of H-pyrrole nitrogens is 1. The van der Waals surface area contributed by atoms with Crippen LogP contribution in [0.25, 0.3) is 10.9 Å². The minimum atomic E-state index is -0.879. The van der Waals surface area contributed by atoms with Crippen molar-refractivity contribution in [3.8, 4) is 0 Å². The van der Waals surface area contributed by atoms with Gasteiger partial charge in [0.15, 0.2) is 0 Å². The summed E-state index contributed by atoms with van der Waals surface area (Å²) in [5.41, 5.74) is 22.6. The molecule has 1 aromatic heterocycles. The van der Waals surface area contributed by atoms with Gasteiger partial charge in [0.1, 0.15) is 6.04 Å². The smallest absolute Gasteiger partial charge is 0.243 e.